The molecular weight excluding hydrogens is 362 g/mol. The fourth-order valence-electron chi connectivity index (χ4n) is 1.47. The highest BCUT2D eigenvalue weighted by Gasteiger charge is 2.20. The van der Waals surface area contributed by atoms with Gasteiger partial charge in [0.2, 0.25) is 0 Å². The number of nitrogens with one attached hydrogen (secondary N) is 1. The SMILES string of the molecule is Cc1nc(NC(=O)c2ccc(Cl)c(F)c2)sc1S(=O)(=O)Cl. The molecule has 10 heteroatoms. The van der Waals surface area contributed by atoms with Gasteiger partial charge in [-0.15, -0.1) is 0 Å². The summed E-state index contributed by atoms with van der Waals surface area (Å²) in [6.45, 7) is 1.45. The van der Waals surface area contributed by atoms with Crippen molar-refractivity contribution in [2.75, 3.05) is 5.32 Å². The summed E-state index contributed by atoms with van der Waals surface area (Å²) in [6.07, 6.45) is 0. The van der Waals surface area contributed by atoms with E-state index in [0.717, 1.165) is 6.07 Å². The van der Waals surface area contributed by atoms with Gasteiger partial charge in [-0.3, -0.25) is 10.1 Å². The predicted molar refractivity (Wildman–Crippen MR) is 79.3 cm³/mol. The summed E-state index contributed by atoms with van der Waals surface area (Å²) in [5.41, 5.74) is 0.202. The number of hydrogen-bond acceptors (Lipinski definition) is 5. The Morgan fingerprint density at radius 1 is 1.43 bits per heavy atom. The molecule has 1 aromatic heterocycles. The third-order valence-corrected chi connectivity index (χ3v) is 5.94. The van der Waals surface area contributed by atoms with Crippen LogP contribution in [0.15, 0.2) is 22.4 Å². The molecule has 0 atom stereocenters. The first-order valence-corrected chi connectivity index (χ1v) is 8.87. The van der Waals surface area contributed by atoms with Crippen molar-refractivity contribution in [2.24, 2.45) is 0 Å². The number of benzene rings is 1. The number of carbonyl (C=O) groups excluding carboxylic acids is 1. The number of aromatic nitrogens is 1. The molecule has 0 radical (unpaired) electrons. The molecule has 1 N–H and O–H groups in total. The van der Waals surface area contributed by atoms with Crippen LogP contribution in [0.4, 0.5) is 9.52 Å². The molecule has 0 unspecified atom stereocenters. The van der Waals surface area contributed by atoms with Gasteiger partial charge in [-0.05, 0) is 25.1 Å². The summed E-state index contributed by atoms with van der Waals surface area (Å²) in [5.74, 6) is -1.37. The zero-order chi connectivity index (χ0) is 15.8. The number of aryl methyl sites for hydroxylation is 1. The molecule has 2 rings (SSSR count). The average Bonchev–Trinajstić information content (AvgIpc) is 2.73. The number of thiazole rings is 1. The number of nitrogens with zero attached hydrogens (tertiary/aromatic N) is 1. The van der Waals surface area contributed by atoms with E-state index in [1.54, 1.807) is 0 Å². The summed E-state index contributed by atoms with van der Waals surface area (Å²) >= 11 is 6.24. The van der Waals surface area contributed by atoms with E-state index in [1.807, 2.05) is 0 Å². The molecule has 1 amide bonds. The molecule has 0 fully saturated rings. The number of carbonyl (C=O) groups is 1. The second kappa shape index (κ2) is 5.88. The highest BCUT2D eigenvalue weighted by molar-refractivity contribution is 8.15. The molecule has 112 valence electrons. The predicted octanol–water partition coefficient (Wildman–Crippen LogP) is 3.42. The average molecular weight is 369 g/mol. The van der Waals surface area contributed by atoms with Crippen molar-refractivity contribution in [3.63, 3.8) is 0 Å². The summed E-state index contributed by atoms with van der Waals surface area (Å²) in [7, 11) is 1.31. The van der Waals surface area contributed by atoms with Gasteiger partial charge >= 0.3 is 0 Å². The highest BCUT2D eigenvalue weighted by Crippen LogP contribution is 2.30. The molecule has 2 aromatic rings. The van der Waals surface area contributed by atoms with E-state index in [-0.39, 0.29) is 25.6 Å². The Morgan fingerprint density at radius 3 is 2.62 bits per heavy atom. The Morgan fingerprint density at radius 2 is 2.10 bits per heavy atom. The smallest absolute Gasteiger partial charge is 0.272 e. The van der Waals surface area contributed by atoms with Crippen LogP contribution in [0, 0.1) is 12.7 Å². The second-order valence-corrected chi connectivity index (χ2v) is 8.08. The number of halogens is 3. The summed E-state index contributed by atoms with van der Waals surface area (Å²) < 4.78 is 35.7. The molecule has 0 bridgehead atoms. The summed E-state index contributed by atoms with van der Waals surface area (Å²) in [4.78, 5) is 15.8. The van der Waals surface area contributed by atoms with E-state index in [9.17, 15) is 17.6 Å². The van der Waals surface area contributed by atoms with Crippen molar-refractivity contribution >= 4 is 53.7 Å². The van der Waals surface area contributed by atoms with Gasteiger partial charge < -0.3 is 0 Å². The lowest BCUT2D eigenvalue weighted by Crippen LogP contribution is -2.11. The van der Waals surface area contributed by atoms with E-state index >= 15 is 0 Å². The van der Waals surface area contributed by atoms with E-state index in [0.29, 0.717) is 11.3 Å². The van der Waals surface area contributed by atoms with Crippen LogP contribution in [0.25, 0.3) is 0 Å². The Hall–Kier alpha value is -1.22. The number of hydrogen-bond donors (Lipinski definition) is 1. The van der Waals surface area contributed by atoms with Crippen molar-refractivity contribution in [3.8, 4) is 0 Å². The molecule has 0 aliphatic carbocycles. The van der Waals surface area contributed by atoms with Gasteiger partial charge in [0.15, 0.2) is 9.34 Å². The quantitative estimate of drug-likeness (QED) is 0.842. The maximum atomic E-state index is 13.3. The Balaban J connectivity index is 2.26. The van der Waals surface area contributed by atoms with Crippen molar-refractivity contribution in [3.05, 3.63) is 40.3 Å². The monoisotopic (exact) mass is 368 g/mol. The van der Waals surface area contributed by atoms with Gasteiger partial charge in [-0.25, -0.2) is 17.8 Å². The first-order chi connectivity index (χ1) is 9.68. The Kier molecular flexibility index (Phi) is 4.52. The minimum atomic E-state index is -3.93. The maximum Gasteiger partial charge on any atom is 0.272 e. The van der Waals surface area contributed by atoms with Crippen molar-refractivity contribution < 1.29 is 17.6 Å². The maximum absolute atomic E-state index is 13.3. The molecule has 0 spiro atoms. The van der Waals surface area contributed by atoms with Crippen molar-refractivity contribution in [1.29, 1.82) is 0 Å². The normalized spacial score (nSPS) is 11.4. The lowest BCUT2D eigenvalue weighted by Gasteiger charge is -2.02. The number of anilines is 1. The first-order valence-electron chi connectivity index (χ1n) is 5.37. The molecule has 1 heterocycles. The molecule has 0 saturated carbocycles. The van der Waals surface area contributed by atoms with Gasteiger partial charge in [0.05, 0.1) is 10.7 Å². The largest absolute Gasteiger partial charge is 0.298 e. The molecule has 0 aliphatic rings. The summed E-state index contributed by atoms with van der Waals surface area (Å²) in [5, 5.41) is 2.32. The second-order valence-electron chi connectivity index (χ2n) is 3.91. The standard InChI is InChI=1S/C11H7Cl2FN2O3S2/c1-5-10(21(13,18)19)20-11(15-5)16-9(17)6-2-3-7(12)8(14)4-6/h2-4H,1H3,(H,15,16,17). The molecule has 21 heavy (non-hydrogen) atoms. The van der Waals surface area contributed by atoms with Crippen LogP contribution in [0.3, 0.4) is 0 Å². The molecular formula is C11H7Cl2FN2O3S2. The van der Waals surface area contributed by atoms with Crippen molar-refractivity contribution in [2.45, 2.75) is 11.1 Å². The number of rotatable bonds is 3. The van der Waals surface area contributed by atoms with Crippen LogP contribution < -0.4 is 5.32 Å². The van der Waals surface area contributed by atoms with Crippen LogP contribution in [-0.2, 0) is 9.05 Å². The van der Waals surface area contributed by atoms with E-state index in [2.05, 4.69) is 10.3 Å². The third kappa shape index (κ3) is 3.70. The van der Waals surface area contributed by atoms with E-state index < -0.39 is 20.8 Å². The first kappa shape index (κ1) is 16.2. The Labute approximate surface area is 133 Å². The van der Waals surface area contributed by atoms with Gasteiger partial charge in [0, 0.05) is 16.2 Å². The Bertz CT molecular complexity index is 821. The fourth-order valence-corrected chi connectivity index (χ4v) is 3.93. The van der Waals surface area contributed by atoms with E-state index in [1.165, 1.54) is 19.1 Å². The van der Waals surface area contributed by atoms with Crippen LogP contribution in [-0.4, -0.2) is 19.3 Å². The van der Waals surface area contributed by atoms with Gasteiger partial charge in [0.25, 0.3) is 15.0 Å². The van der Waals surface area contributed by atoms with Crippen LogP contribution in [0.5, 0.6) is 0 Å². The minimum absolute atomic E-state index is 0.0278. The van der Waals surface area contributed by atoms with Crippen molar-refractivity contribution in [1.82, 2.24) is 4.98 Å². The van der Waals surface area contributed by atoms with Gasteiger partial charge in [-0.2, -0.15) is 0 Å². The molecule has 1 aromatic carbocycles. The number of amides is 1. The van der Waals surface area contributed by atoms with Gasteiger partial charge in [0.1, 0.15) is 5.82 Å². The lowest BCUT2D eigenvalue weighted by atomic mass is 10.2. The lowest BCUT2D eigenvalue weighted by molar-refractivity contribution is 0.102. The van der Waals surface area contributed by atoms with Crippen LogP contribution in [0.2, 0.25) is 5.02 Å². The zero-order valence-electron chi connectivity index (χ0n) is 10.4. The minimum Gasteiger partial charge on any atom is -0.298 e. The zero-order valence-corrected chi connectivity index (χ0v) is 13.5. The third-order valence-electron chi connectivity index (χ3n) is 2.38. The van der Waals surface area contributed by atoms with E-state index in [4.69, 9.17) is 22.3 Å². The topological polar surface area (TPSA) is 76.1 Å². The molecule has 5 nitrogen and oxygen atoms in total. The highest BCUT2D eigenvalue weighted by atomic mass is 35.7. The van der Waals surface area contributed by atoms with Crippen LogP contribution >= 0.6 is 33.6 Å². The fraction of sp³-hybridized carbons (Fsp3) is 0.0909. The van der Waals surface area contributed by atoms with Crippen LogP contribution in [0.1, 0.15) is 16.1 Å². The van der Waals surface area contributed by atoms with Gasteiger partial charge in [-0.1, -0.05) is 22.9 Å². The molecule has 0 aliphatic heterocycles. The summed E-state index contributed by atoms with van der Waals surface area (Å²) in [6, 6.07) is 3.55. The molecule has 0 saturated heterocycles.